The van der Waals surface area contributed by atoms with Crippen molar-refractivity contribution in [2.75, 3.05) is 24.3 Å². The predicted molar refractivity (Wildman–Crippen MR) is 141 cm³/mol. The van der Waals surface area contributed by atoms with E-state index in [-0.39, 0.29) is 16.8 Å². The monoisotopic (exact) mass is 510 g/mol. The number of nitrogens with zero attached hydrogens (tertiary/aromatic N) is 2. The van der Waals surface area contributed by atoms with E-state index >= 15 is 0 Å². The van der Waals surface area contributed by atoms with Gasteiger partial charge in [0.15, 0.2) is 11.5 Å². The number of methoxy groups -OCH3 is 2. The van der Waals surface area contributed by atoms with E-state index in [0.29, 0.717) is 29.3 Å². The van der Waals surface area contributed by atoms with Crippen molar-refractivity contribution in [3.63, 3.8) is 0 Å². The predicted octanol–water partition coefficient (Wildman–Crippen LogP) is 4.98. The lowest BCUT2D eigenvalue weighted by atomic mass is 10.1. The van der Waals surface area contributed by atoms with Crippen LogP contribution in [0.2, 0.25) is 0 Å². The summed E-state index contributed by atoms with van der Waals surface area (Å²) in [5.74, 6) is 1.06. The number of nitrogens with one attached hydrogen (secondary N) is 2. The SMILES string of the molecule is CCCCCC(=O)Nc1ccc(S(=O)(=O)Nc2nccc(C=Cc3ccc(OC)c(OC)c3)n2)cc1. The molecule has 0 aliphatic rings. The number of rotatable bonds is 12. The normalized spacial score (nSPS) is 11.3. The molecule has 190 valence electrons. The van der Waals surface area contributed by atoms with Crippen LogP contribution in [0.5, 0.6) is 11.5 Å². The molecule has 3 rings (SSSR count). The van der Waals surface area contributed by atoms with E-state index in [2.05, 4.69) is 26.9 Å². The molecule has 10 heteroatoms. The molecule has 0 spiro atoms. The molecule has 3 aromatic rings. The van der Waals surface area contributed by atoms with Gasteiger partial charge < -0.3 is 14.8 Å². The molecule has 0 fully saturated rings. The van der Waals surface area contributed by atoms with Crippen LogP contribution in [0, 0.1) is 0 Å². The van der Waals surface area contributed by atoms with E-state index in [1.165, 1.54) is 18.3 Å². The Morgan fingerprint density at radius 2 is 1.72 bits per heavy atom. The highest BCUT2D eigenvalue weighted by atomic mass is 32.2. The zero-order valence-corrected chi connectivity index (χ0v) is 21.3. The number of benzene rings is 2. The first-order valence-corrected chi connectivity index (χ1v) is 13.0. The molecule has 2 N–H and O–H groups in total. The summed E-state index contributed by atoms with van der Waals surface area (Å²) in [5.41, 5.74) is 1.90. The molecular weight excluding hydrogens is 480 g/mol. The van der Waals surface area contributed by atoms with Gasteiger partial charge in [-0.15, -0.1) is 0 Å². The second kappa shape index (κ2) is 12.7. The third-order valence-electron chi connectivity index (χ3n) is 5.21. The average molecular weight is 511 g/mol. The molecule has 1 amide bonds. The first-order valence-electron chi connectivity index (χ1n) is 11.5. The lowest BCUT2D eigenvalue weighted by Gasteiger charge is -2.09. The van der Waals surface area contributed by atoms with Gasteiger partial charge in [-0.3, -0.25) is 4.79 Å². The average Bonchev–Trinajstić information content (AvgIpc) is 2.87. The van der Waals surface area contributed by atoms with Gasteiger partial charge in [-0.1, -0.05) is 31.9 Å². The summed E-state index contributed by atoms with van der Waals surface area (Å²) in [5, 5.41) is 2.78. The van der Waals surface area contributed by atoms with Gasteiger partial charge in [0.25, 0.3) is 10.0 Å². The maximum absolute atomic E-state index is 12.8. The van der Waals surface area contributed by atoms with Crippen LogP contribution in [0.4, 0.5) is 11.6 Å². The molecule has 9 nitrogen and oxygen atoms in total. The van der Waals surface area contributed by atoms with Gasteiger partial charge in [0, 0.05) is 18.3 Å². The van der Waals surface area contributed by atoms with Crippen molar-refractivity contribution in [2.24, 2.45) is 0 Å². The molecule has 36 heavy (non-hydrogen) atoms. The second-order valence-electron chi connectivity index (χ2n) is 7.89. The number of hydrogen-bond donors (Lipinski definition) is 2. The highest BCUT2D eigenvalue weighted by molar-refractivity contribution is 7.92. The van der Waals surface area contributed by atoms with Crippen LogP contribution in [-0.4, -0.2) is 38.5 Å². The number of hydrogen-bond acceptors (Lipinski definition) is 7. The first kappa shape index (κ1) is 26.7. The lowest BCUT2D eigenvalue weighted by Crippen LogP contribution is -2.15. The van der Waals surface area contributed by atoms with Crippen molar-refractivity contribution < 1.29 is 22.7 Å². The summed E-state index contributed by atoms with van der Waals surface area (Å²) in [6, 6.07) is 13.1. The summed E-state index contributed by atoms with van der Waals surface area (Å²) in [7, 11) is -0.789. The Balaban J connectivity index is 1.67. The zero-order chi connectivity index (χ0) is 26.0. The summed E-state index contributed by atoms with van der Waals surface area (Å²) in [6.45, 7) is 2.07. The Bertz CT molecular complexity index is 1310. The largest absolute Gasteiger partial charge is 0.493 e. The Hall–Kier alpha value is -3.92. The van der Waals surface area contributed by atoms with Gasteiger partial charge in [0.1, 0.15) is 0 Å². The van der Waals surface area contributed by atoms with Crippen molar-refractivity contribution in [1.29, 1.82) is 0 Å². The lowest BCUT2D eigenvalue weighted by molar-refractivity contribution is -0.116. The molecule has 1 heterocycles. The molecule has 0 bridgehead atoms. The van der Waals surface area contributed by atoms with Crippen molar-refractivity contribution >= 4 is 39.7 Å². The number of anilines is 2. The van der Waals surface area contributed by atoms with Crippen LogP contribution in [0.1, 0.15) is 43.9 Å². The second-order valence-corrected chi connectivity index (χ2v) is 9.57. The van der Waals surface area contributed by atoms with E-state index in [1.807, 2.05) is 18.2 Å². The van der Waals surface area contributed by atoms with Crippen molar-refractivity contribution in [3.8, 4) is 11.5 Å². The Morgan fingerprint density at radius 1 is 0.972 bits per heavy atom. The number of carbonyl (C=O) groups excluding carboxylic acids is 1. The van der Waals surface area contributed by atoms with Crippen LogP contribution < -0.4 is 19.5 Å². The quantitative estimate of drug-likeness (QED) is 0.330. The Labute approximate surface area is 211 Å². The van der Waals surface area contributed by atoms with Crippen molar-refractivity contribution in [2.45, 2.75) is 37.5 Å². The highest BCUT2D eigenvalue weighted by Gasteiger charge is 2.16. The molecule has 1 aromatic heterocycles. The van der Waals surface area contributed by atoms with Gasteiger partial charge in [-0.2, -0.15) is 0 Å². The van der Waals surface area contributed by atoms with Crippen LogP contribution in [0.25, 0.3) is 12.2 Å². The highest BCUT2D eigenvalue weighted by Crippen LogP contribution is 2.28. The minimum Gasteiger partial charge on any atom is -0.493 e. The van der Waals surface area contributed by atoms with Gasteiger partial charge >= 0.3 is 0 Å². The van der Waals surface area contributed by atoms with E-state index in [1.54, 1.807) is 44.6 Å². The maximum atomic E-state index is 12.8. The van der Waals surface area contributed by atoms with E-state index < -0.39 is 10.0 Å². The minimum atomic E-state index is -3.92. The molecule has 2 aromatic carbocycles. The number of sulfonamides is 1. The minimum absolute atomic E-state index is 0.0290. The summed E-state index contributed by atoms with van der Waals surface area (Å²) >= 11 is 0. The van der Waals surface area contributed by atoms with E-state index in [0.717, 1.165) is 24.8 Å². The summed E-state index contributed by atoms with van der Waals surface area (Å²) in [4.78, 5) is 20.3. The van der Waals surface area contributed by atoms with Gasteiger partial charge in [0.05, 0.1) is 24.8 Å². The van der Waals surface area contributed by atoms with Crippen LogP contribution >= 0.6 is 0 Å². The molecule has 0 aliphatic heterocycles. The van der Waals surface area contributed by atoms with Crippen LogP contribution in [0.3, 0.4) is 0 Å². The van der Waals surface area contributed by atoms with E-state index in [9.17, 15) is 13.2 Å². The molecule has 0 saturated carbocycles. The summed E-state index contributed by atoms with van der Waals surface area (Å²) < 4.78 is 38.6. The zero-order valence-electron chi connectivity index (χ0n) is 20.5. The standard InChI is InChI=1S/C26H30N4O5S/c1-4-5-6-7-25(31)28-20-11-13-22(14-12-20)36(32,33)30-26-27-17-16-21(29-26)10-8-19-9-15-23(34-2)24(18-19)35-3/h8-18H,4-7H2,1-3H3,(H,28,31)(H,27,29,30). The molecular formula is C26H30N4O5S. The van der Waals surface area contributed by atoms with Crippen molar-refractivity contribution in [1.82, 2.24) is 9.97 Å². The smallest absolute Gasteiger partial charge is 0.264 e. The molecule has 0 aliphatic carbocycles. The third kappa shape index (κ3) is 7.54. The topological polar surface area (TPSA) is 120 Å². The maximum Gasteiger partial charge on any atom is 0.264 e. The third-order valence-corrected chi connectivity index (χ3v) is 6.56. The molecule has 0 radical (unpaired) electrons. The molecule has 0 unspecified atom stereocenters. The Kier molecular flexibility index (Phi) is 9.40. The van der Waals surface area contributed by atoms with Gasteiger partial charge in [0.2, 0.25) is 11.9 Å². The van der Waals surface area contributed by atoms with Gasteiger partial charge in [-0.05, 0) is 60.5 Å². The number of carbonyl (C=O) groups is 1. The van der Waals surface area contributed by atoms with Gasteiger partial charge in [-0.25, -0.2) is 23.1 Å². The fourth-order valence-electron chi connectivity index (χ4n) is 3.31. The molecule has 0 atom stereocenters. The van der Waals surface area contributed by atoms with Crippen LogP contribution in [0.15, 0.2) is 59.6 Å². The fraction of sp³-hybridized carbons (Fsp3) is 0.269. The first-order chi connectivity index (χ1) is 17.3. The fourth-order valence-corrected chi connectivity index (χ4v) is 4.26. The number of unbranched alkanes of at least 4 members (excludes halogenated alkanes) is 2. The number of amides is 1. The van der Waals surface area contributed by atoms with E-state index in [4.69, 9.17) is 9.47 Å². The summed E-state index contributed by atoms with van der Waals surface area (Å²) in [6.07, 6.45) is 8.30. The van der Waals surface area contributed by atoms with Crippen LogP contribution in [-0.2, 0) is 14.8 Å². The Morgan fingerprint density at radius 3 is 2.42 bits per heavy atom. The number of aromatic nitrogens is 2. The van der Waals surface area contributed by atoms with Crippen molar-refractivity contribution in [3.05, 3.63) is 66.0 Å². The number of ether oxygens (including phenoxy) is 2. The molecule has 0 saturated heterocycles.